The van der Waals surface area contributed by atoms with Gasteiger partial charge >= 0.3 is 0 Å². The number of nitrogens with zero attached hydrogens (tertiary/aromatic N) is 1. The summed E-state index contributed by atoms with van der Waals surface area (Å²) in [7, 11) is 3.12. The lowest BCUT2D eigenvalue weighted by atomic mass is 10.1. The lowest BCUT2D eigenvalue weighted by Gasteiger charge is -2.07. The summed E-state index contributed by atoms with van der Waals surface area (Å²) in [6.07, 6.45) is 1.98. The van der Waals surface area contributed by atoms with E-state index in [1.807, 2.05) is 6.07 Å². The Labute approximate surface area is 98.0 Å². The first kappa shape index (κ1) is 11.2. The van der Waals surface area contributed by atoms with Crippen molar-refractivity contribution >= 4 is 6.29 Å². The molecule has 0 fully saturated rings. The Morgan fingerprint density at radius 2 is 2.00 bits per heavy atom. The van der Waals surface area contributed by atoms with Crippen LogP contribution in [0.1, 0.15) is 10.7 Å². The number of hydrogen-bond donors (Lipinski definition) is 0. The minimum absolute atomic E-state index is 0.0507. The highest BCUT2D eigenvalue weighted by molar-refractivity contribution is 5.71. The molecule has 1 heterocycles. The molecule has 0 aliphatic rings. The molecule has 0 saturated heterocycles. The third kappa shape index (κ3) is 2.13. The first-order valence-electron chi connectivity index (χ1n) is 4.91. The molecule has 17 heavy (non-hydrogen) atoms. The van der Waals surface area contributed by atoms with E-state index in [0.717, 1.165) is 5.56 Å². The zero-order valence-corrected chi connectivity index (χ0v) is 9.47. The van der Waals surface area contributed by atoms with E-state index in [9.17, 15) is 4.79 Å². The van der Waals surface area contributed by atoms with Crippen molar-refractivity contribution in [2.24, 2.45) is 0 Å². The van der Waals surface area contributed by atoms with E-state index in [1.54, 1.807) is 26.4 Å². The molecule has 0 bridgehead atoms. The Kier molecular flexibility index (Phi) is 3.09. The van der Waals surface area contributed by atoms with Crippen LogP contribution in [0.5, 0.6) is 11.5 Å². The second-order valence-corrected chi connectivity index (χ2v) is 3.26. The molecular formula is C12H11NO4. The normalized spacial score (nSPS) is 10.0. The molecule has 5 heteroatoms. The predicted molar refractivity (Wildman–Crippen MR) is 60.4 cm³/mol. The second kappa shape index (κ2) is 4.69. The number of methoxy groups -OCH3 is 2. The predicted octanol–water partition coefficient (Wildman–Crippen LogP) is 2.17. The summed E-state index contributed by atoms with van der Waals surface area (Å²) in [6.45, 7) is 0. The maximum atomic E-state index is 10.5. The molecule has 1 aromatic carbocycles. The van der Waals surface area contributed by atoms with Crippen molar-refractivity contribution < 1.29 is 18.7 Å². The van der Waals surface area contributed by atoms with Crippen LogP contribution in [0.3, 0.4) is 0 Å². The van der Waals surface area contributed by atoms with Gasteiger partial charge in [0.25, 0.3) is 5.89 Å². The van der Waals surface area contributed by atoms with Crippen molar-refractivity contribution in [3.05, 3.63) is 30.4 Å². The Balaban J connectivity index is 2.42. The zero-order chi connectivity index (χ0) is 12.3. The van der Waals surface area contributed by atoms with Crippen LogP contribution in [0.4, 0.5) is 0 Å². The van der Waals surface area contributed by atoms with Gasteiger partial charge < -0.3 is 13.9 Å². The van der Waals surface area contributed by atoms with Gasteiger partial charge in [-0.05, 0) is 18.2 Å². The number of aromatic nitrogens is 1. The van der Waals surface area contributed by atoms with Gasteiger partial charge in [0, 0.05) is 5.56 Å². The van der Waals surface area contributed by atoms with Crippen LogP contribution < -0.4 is 9.47 Å². The number of carbonyl (C=O) groups excluding carboxylic acids is 1. The van der Waals surface area contributed by atoms with Crippen molar-refractivity contribution in [2.45, 2.75) is 0 Å². The monoisotopic (exact) mass is 233 g/mol. The Morgan fingerprint density at radius 3 is 2.59 bits per heavy atom. The van der Waals surface area contributed by atoms with E-state index in [4.69, 9.17) is 13.9 Å². The van der Waals surface area contributed by atoms with Crippen LogP contribution in [0.2, 0.25) is 0 Å². The fraction of sp³-hybridized carbons (Fsp3) is 0.167. The number of carbonyl (C=O) groups is 1. The number of benzene rings is 1. The Morgan fingerprint density at radius 1 is 1.24 bits per heavy atom. The van der Waals surface area contributed by atoms with Gasteiger partial charge in [-0.2, -0.15) is 0 Å². The van der Waals surface area contributed by atoms with E-state index >= 15 is 0 Å². The van der Waals surface area contributed by atoms with Crippen LogP contribution >= 0.6 is 0 Å². The quantitative estimate of drug-likeness (QED) is 0.757. The SMILES string of the molecule is COc1ccc(-c2coc(C=O)n2)cc1OC. The molecule has 0 aliphatic carbocycles. The summed E-state index contributed by atoms with van der Waals surface area (Å²) in [5, 5.41) is 0. The number of ether oxygens (including phenoxy) is 2. The number of aldehydes is 1. The smallest absolute Gasteiger partial charge is 0.260 e. The highest BCUT2D eigenvalue weighted by atomic mass is 16.5. The van der Waals surface area contributed by atoms with Crippen LogP contribution in [0.15, 0.2) is 28.9 Å². The van der Waals surface area contributed by atoms with E-state index < -0.39 is 0 Å². The third-order valence-electron chi connectivity index (χ3n) is 2.30. The van der Waals surface area contributed by atoms with Gasteiger partial charge in [0.2, 0.25) is 6.29 Å². The summed E-state index contributed by atoms with van der Waals surface area (Å²) >= 11 is 0. The molecule has 5 nitrogen and oxygen atoms in total. The van der Waals surface area contributed by atoms with E-state index in [-0.39, 0.29) is 5.89 Å². The summed E-state index contributed by atoms with van der Waals surface area (Å²) in [6, 6.07) is 5.35. The maximum absolute atomic E-state index is 10.5. The van der Waals surface area contributed by atoms with Gasteiger partial charge in [-0.25, -0.2) is 4.98 Å². The van der Waals surface area contributed by atoms with Gasteiger partial charge in [0.15, 0.2) is 11.5 Å². The van der Waals surface area contributed by atoms with Gasteiger partial charge in [0.1, 0.15) is 12.0 Å². The van der Waals surface area contributed by atoms with Gasteiger partial charge in [-0.15, -0.1) is 0 Å². The second-order valence-electron chi connectivity index (χ2n) is 3.26. The average molecular weight is 233 g/mol. The summed E-state index contributed by atoms with van der Waals surface area (Å²) in [4.78, 5) is 14.5. The Bertz CT molecular complexity index is 533. The van der Waals surface area contributed by atoms with Crippen molar-refractivity contribution in [1.29, 1.82) is 0 Å². The molecule has 2 aromatic rings. The van der Waals surface area contributed by atoms with Crippen molar-refractivity contribution in [3.63, 3.8) is 0 Å². The summed E-state index contributed by atoms with van der Waals surface area (Å²) < 4.78 is 15.3. The fourth-order valence-electron chi connectivity index (χ4n) is 1.47. The molecular weight excluding hydrogens is 222 g/mol. The minimum Gasteiger partial charge on any atom is -0.493 e. The fourth-order valence-corrected chi connectivity index (χ4v) is 1.47. The van der Waals surface area contributed by atoms with E-state index in [2.05, 4.69) is 4.98 Å². The first-order valence-corrected chi connectivity index (χ1v) is 4.91. The molecule has 0 amide bonds. The van der Waals surface area contributed by atoms with Crippen LogP contribution in [0, 0.1) is 0 Å². The van der Waals surface area contributed by atoms with E-state index in [1.165, 1.54) is 6.26 Å². The van der Waals surface area contributed by atoms with E-state index in [0.29, 0.717) is 23.5 Å². The van der Waals surface area contributed by atoms with Crippen LogP contribution in [0.25, 0.3) is 11.3 Å². The molecule has 0 saturated carbocycles. The van der Waals surface area contributed by atoms with Gasteiger partial charge in [-0.1, -0.05) is 0 Å². The maximum Gasteiger partial charge on any atom is 0.260 e. The molecule has 88 valence electrons. The molecule has 2 rings (SSSR count). The summed E-state index contributed by atoms with van der Waals surface area (Å²) in [5.41, 5.74) is 1.37. The topological polar surface area (TPSA) is 61.6 Å². The van der Waals surface area contributed by atoms with Crippen LogP contribution in [-0.2, 0) is 0 Å². The molecule has 1 aromatic heterocycles. The molecule has 0 N–H and O–H groups in total. The highest BCUT2D eigenvalue weighted by Gasteiger charge is 2.09. The largest absolute Gasteiger partial charge is 0.493 e. The molecule has 0 spiro atoms. The van der Waals surface area contributed by atoms with Crippen LogP contribution in [-0.4, -0.2) is 25.5 Å². The molecule has 0 aliphatic heterocycles. The molecule has 0 atom stereocenters. The van der Waals surface area contributed by atoms with Gasteiger partial charge in [0.05, 0.1) is 14.2 Å². The molecule has 0 unspecified atom stereocenters. The summed E-state index contributed by atoms with van der Waals surface area (Å²) in [5.74, 6) is 1.28. The number of rotatable bonds is 4. The van der Waals surface area contributed by atoms with Gasteiger partial charge in [-0.3, -0.25) is 4.79 Å². The third-order valence-corrected chi connectivity index (χ3v) is 2.30. The lowest BCUT2D eigenvalue weighted by Crippen LogP contribution is -1.91. The number of oxazole rings is 1. The average Bonchev–Trinajstić information content (AvgIpc) is 2.86. The van der Waals surface area contributed by atoms with Crippen molar-refractivity contribution in [2.75, 3.05) is 14.2 Å². The lowest BCUT2D eigenvalue weighted by molar-refractivity contribution is 0.109. The Hall–Kier alpha value is -2.30. The minimum atomic E-state index is 0.0507. The standard InChI is InChI=1S/C12H11NO4/c1-15-10-4-3-8(5-11(10)16-2)9-7-17-12(6-14)13-9/h3-7H,1-2H3. The van der Waals surface area contributed by atoms with Crippen molar-refractivity contribution in [3.8, 4) is 22.8 Å². The van der Waals surface area contributed by atoms with Crippen molar-refractivity contribution in [1.82, 2.24) is 4.98 Å². The first-order chi connectivity index (χ1) is 8.28. The molecule has 0 radical (unpaired) electrons. The zero-order valence-electron chi connectivity index (χ0n) is 9.47. The number of hydrogen-bond acceptors (Lipinski definition) is 5. The highest BCUT2D eigenvalue weighted by Crippen LogP contribution is 2.31.